The van der Waals surface area contributed by atoms with Gasteiger partial charge in [0.25, 0.3) is 5.78 Å². The van der Waals surface area contributed by atoms with Crippen LogP contribution < -0.4 is 4.90 Å². The Morgan fingerprint density at radius 3 is 2.58 bits per heavy atom. The van der Waals surface area contributed by atoms with Crippen LogP contribution in [0.25, 0.3) is 26.9 Å². The molecule has 0 aliphatic carbocycles. The summed E-state index contributed by atoms with van der Waals surface area (Å²) < 4.78 is 0.939. The summed E-state index contributed by atoms with van der Waals surface area (Å²) in [6.07, 6.45) is 1.67. The highest BCUT2D eigenvalue weighted by Crippen LogP contribution is 2.45. The maximum absolute atomic E-state index is 13.5. The minimum atomic E-state index is -0.804. The van der Waals surface area contributed by atoms with Gasteiger partial charge in [0, 0.05) is 22.7 Å². The number of benzene rings is 3. The van der Waals surface area contributed by atoms with Gasteiger partial charge >= 0.3 is 5.91 Å². The molecule has 1 atom stereocenters. The number of hydrogen-bond acceptors (Lipinski definition) is 5. The van der Waals surface area contributed by atoms with E-state index in [4.69, 9.17) is 4.98 Å². The van der Waals surface area contributed by atoms with Crippen LogP contribution in [-0.2, 0) is 9.59 Å². The number of hydrogen-bond donors (Lipinski definition) is 2. The van der Waals surface area contributed by atoms with E-state index >= 15 is 0 Å². The number of Topliss-reactive ketones (excluding diaryl/α,β-unsaturated/α-hetero) is 1. The maximum atomic E-state index is 13.5. The molecule has 1 fully saturated rings. The Bertz CT molecular complexity index is 1700. The number of nitrogens with zero attached hydrogens (tertiary/aromatic N) is 2. The molecule has 6 nitrogen and oxygen atoms in total. The largest absolute Gasteiger partial charge is 0.507 e. The zero-order valence-electron chi connectivity index (χ0n) is 20.0. The lowest BCUT2D eigenvalue weighted by Crippen LogP contribution is -2.29. The van der Waals surface area contributed by atoms with E-state index in [1.807, 2.05) is 75.4 Å². The third kappa shape index (κ3) is 3.35. The molecule has 3 heterocycles. The van der Waals surface area contributed by atoms with Crippen LogP contribution in [0.1, 0.15) is 33.9 Å². The maximum Gasteiger partial charge on any atom is 0.301 e. The van der Waals surface area contributed by atoms with Crippen LogP contribution in [0.2, 0.25) is 0 Å². The van der Waals surface area contributed by atoms with Crippen LogP contribution in [0.4, 0.5) is 5.13 Å². The van der Waals surface area contributed by atoms with Crippen molar-refractivity contribution >= 4 is 55.0 Å². The van der Waals surface area contributed by atoms with Crippen molar-refractivity contribution in [3.05, 3.63) is 100 Å². The topological polar surface area (TPSA) is 86.3 Å². The van der Waals surface area contributed by atoms with E-state index in [-0.39, 0.29) is 11.3 Å². The number of anilines is 1. The lowest BCUT2D eigenvalue weighted by molar-refractivity contribution is -0.132. The number of H-pyrrole nitrogens is 1. The van der Waals surface area contributed by atoms with Crippen molar-refractivity contribution in [2.45, 2.75) is 26.8 Å². The molecule has 0 radical (unpaired) electrons. The highest BCUT2D eigenvalue weighted by Gasteiger charge is 2.48. The predicted octanol–water partition coefficient (Wildman–Crippen LogP) is 6.33. The number of carbonyl (C=O) groups excluding carboxylic acids is 2. The second kappa shape index (κ2) is 8.17. The molecule has 0 spiro atoms. The zero-order valence-corrected chi connectivity index (χ0v) is 20.8. The standard InChI is InChI=1S/C29H23N3O3S/c1-15-7-6-8-18(11-15)25-24(26(33)20-14-30-21-10-5-4-9-19(20)21)27(34)28(35)32(25)29-31-22-12-16(2)17(3)13-23(22)36-29/h4-14,25,30,33H,1-3H3/b26-24+. The average Bonchev–Trinajstić information content (AvgIpc) is 3.53. The summed E-state index contributed by atoms with van der Waals surface area (Å²) in [5, 5.41) is 12.7. The number of carbonyl (C=O) groups is 2. The van der Waals surface area contributed by atoms with Gasteiger partial charge in [-0.3, -0.25) is 14.5 Å². The number of aromatic nitrogens is 2. The molecule has 6 rings (SSSR count). The summed E-state index contributed by atoms with van der Waals surface area (Å²) in [7, 11) is 0. The number of aliphatic hydroxyl groups excluding tert-OH is 1. The highest BCUT2D eigenvalue weighted by molar-refractivity contribution is 7.22. The van der Waals surface area contributed by atoms with Gasteiger partial charge in [-0.05, 0) is 55.7 Å². The van der Waals surface area contributed by atoms with Crippen molar-refractivity contribution in [1.29, 1.82) is 0 Å². The number of amides is 1. The van der Waals surface area contributed by atoms with Crippen molar-refractivity contribution < 1.29 is 14.7 Å². The first-order valence-electron chi connectivity index (χ1n) is 11.7. The van der Waals surface area contributed by atoms with E-state index in [0.29, 0.717) is 10.7 Å². The second-order valence-corrected chi connectivity index (χ2v) is 10.2. The Kier molecular flexibility index (Phi) is 5.05. The van der Waals surface area contributed by atoms with Gasteiger partial charge in [0.05, 0.1) is 21.8 Å². The molecule has 7 heteroatoms. The smallest absolute Gasteiger partial charge is 0.301 e. The summed E-state index contributed by atoms with van der Waals surface area (Å²) in [5.41, 5.74) is 6.11. The number of nitrogens with one attached hydrogen (secondary N) is 1. The third-order valence-corrected chi connectivity index (χ3v) is 7.86. The predicted molar refractivity (Wildman–Crippen MR) is 143 cm³/mol. The molecule has 0 saturated carbocycles. The fourth-order valence-corrected chi connectivity index (χ4v) is 5.94. The van der Waals surface area contributed by atoms with Gasteiger partial charge in [0.15, 0.2) is 5.13 Å². The van der Waals surface area contributed by atoms with Crippen molar-refractivity contribution in [3.8, 4) is 0 Å². The summed E-state index contributed by atoms with van der Waals surface area (Å²) >= 11 is 1.37. The molecule has 1 saturated heterocycles. The Morgan fingerprint density at radius 1 is 1.00 bits per heavy atom. The monoisotopic (exact) mass is 493 g/mol. The molecule has 2 N–H and O–H groups in total. The van der Waals surface area contributed by atoms with Crippen LogP contribution >= 0.6 is 11.3 Å². The fourth-order valence-electron chi connectivity index (χ4n) is 4.87. The summed E-state index contributed by atoms with van der Waals surface area (Å²) in [4.78, 5) is 36.4. The SMILES string of the molecule is Cc1cccc(C2/C(=C(\O)c3c[nH]c4ccccc34)C(=O)C(=O)N2c2nc3cc(C)c(C)cc3s2)c1. The molecule has 178 valence electrons. The zero-order chi connectivity index (χ0) is 25.1. The first-order chi connectivity index (χ1) is 17.3. The van der Waals surface area contributed by atoms with Gasteiger partial charge in [-0.15, -0.1) is 0 Å². The van der Waals surface area contributed by atoms with E-state index in [9.17, 15) is 14.7 Å². The number of aryl methyl sites for hydroxylation is 3. The normalized spacial score (nSPS) is 17.5. The number of fused-ring (bicyclic) bond motifs is 2. The fraction of sp³-hybridized carbons (Fsp3) is 0.138. The van der Waals surface area contributed by atoms with Gasteiger partial charge in [0.2, 0.25) is 0 Å². The van der Waals surface area contributed by atoms with Gasteiger partial charge in [-0.1, -0.05) is 59.4 Å². The highest BCUT2D eigenvalue weighted by atomic mass is 32.1. The van der Waals surface area contributed by atoms with Crippen molar-refractivity contribution in [2.24, 2.45) is 0 Å². The second-order valence-electron chi connectivity index (χ2n) is 9.23. The van der Waals surface area contributed by atoms with E-state index in [1.165, 1.54) is 16.2 Å². The molecule has 1 amide bonds. The van der Waals surface area contributed by atoms with E-state index < -0.39 is 17.7 Å². The van der Waals surface area contributed by atoms with Crippen LogP contribution in [0.15, 0.2) is 72.4 Å². The molecule has 1 aliphatic rings. The summed E-state index contributed by atoms with van der Waals surface area (Å²) in [5.74, 6) is -1.63. The van der Waals surface area contributed by atoms with Crippen LogP contribution in [0.3, 0.4) is 0 Å². The first kappa shape index (κ1) is 22.2. The van der Waals surface area contributed by atoms with Crippen LogP contribution in [0.5, 0.6) is 0 Å². The van der Waals surface area contributed by atoms with Gasteiger partial charge in [0.1, 0.15) is 5.76 Å². The Balaban J connectivity index is 1.60. The third-order valence-electron chi connectivity index (χ3n) is 6.85. The van der Waals surface area contributed by atoms with E-state index in [1.54, 1.807) is 6.20 Å². The van der Waals surface area contributed by atoms with E-state index in [2.05, 4.69) is 11.1 Å². The molecular weight excluding hydrogens is 470 g/mol. The Labute approximate surface area is 211 Å². The lowest BCUT2D eigenvalue weighted by atomic mass is 9.94. The van der Waals surface area contributed by atoms with Crippen LogP contribution in [0, 0.1) is 20.8 Å². The van der Waals surface area contributed by atoms with Crippen LogP contribution in [-0.4, -0.2) is 26.8 Å². The lowest BCUT2D eigenvalue weighted by Gasteiger charge is -2.23. The molecule has 0 bridgehead atoms. The van der Waals surface area contributed by atoms with Gasteiger partial charge in [-0.2, -0.15) is 0 Å². The summed E-state index contributed by atoms with van der Waals surface area (Å²) in [6.45, 7) is 6.01. The average molecular weight is 494 g/mol. The Hall–Kier alpha value is -4.23. The number of rotatable bonds is 3. The minimum Gasteiger partial charge on any atom is -0.507 e. The molecule has 36 heavy (non-hydrogen) atoms. The first-order valence-corrected chi connectivity index (χ1v) is 12.5. The van der Waals surface area contributed by atoms with E-state index in [0.717, 1.165) is 43.4 Å². The molecular formula is C29H23N3O3S. The quantitative estimate of drug-likeness (QED) is 0.175. The van der Waals surface area contributed by atoms with Crippen molar-refractivity contribution in [1.82, 2.24) is 9.97 Å². The summed E-state index contributed by atoms with van der Waals surface area (Å²) in [6, 6.07) is 18.4. The minimum absolute atomic E-state index is 0.0574. The number of aromatic amines is 1. The number of aliphatic hydroxyl groups is 1. The van der Waals surface area contributed by atoms with Crippen molar-refractivity contribution in [3.63, 3.8) is 0 Å². The number of thiazole rings is 1. The molecule has 1 aliphatic heterocycles. The number of ketones is 1. The van der Waals surface area contributed by atoms with Gasteiger partial charge < -0.3 is 10.1 Å². The molecule has 5 aromatic rings. The van der Waals surface area contributed by atoms with Gasteiger partial charge in [-0.25, -0.2) is 4.98 Å². The molecule has 2 aromatic heterocycles. The number of para-hydroxylation sites is 1. The molecule has 3 aromatic carbocycles. The van der Waals surface area contributed by atoms with Crippen molar-refractivity contribution in [2.75, 3.05) is 4.90 Å². The Morgan fingerprint density at radius 2 is 1.78 bits per heavy atom. The molecule has 1 unspecified atom stereocenters.